The van der Waals surface area contributed by atoms with Crippen LogP contribution in [0.5, 0.6) is 0 Å². The first-order valence-corrected chi connectivity index (χ1v) is 9.90. The van der Waals surface area contributed by atoms with Gasteiger partial charge in [-0.15, -0.1) is 0 Å². The largest absolute Gasteiger partial charge is 0.299 e. The average Bonchev–Trinajstić information content (AvgIpc) is 2.75. The van der Waals surface area contributed by atoms with Gasteiger partial charge >= 0.3 is 0 Å². The first kappa shape index (κ1) is 20.3. The van der Waals surface area contributed by atoms with Gasteiger partial charge < -0.3 is 0 Å². The van der Waals surface area contributed by atoms with Crippen molar-refractivity contribution in [3.05, 3.63) is 105 Å². The van der Waals surface area contributed by atoms with Crippen LogP contribution < -0.4 is 5.56 Å². The maximum Gasteiger partial charge on any atom is 0.261 e. The normalized spacial score (nSPS) is 10.9. The zero-order valence-electron chi connectivity index (χ0n) is 15.9. The average molecular weight is 440 g/mol. The molecule has 2 heterocycles. The van der Waals surface area contributed by atoms with Crippen molar-refractivity contribution < 1.29 is 4.39 Å². The van der Waals surface area contributed by atoms with E-state index in [-0.39, 0.29) is 17.8 Å². The fourth-order valence-corrected chi connectivity index (χ4v) is 3.79. The number of rotatable bonds is 4. The van der Waals surface area contributed by atoms with Crippen molar-refractivity contribution in [2.45, 2.75) is 6.42 Å². The molecule has 4 rings (SSSR count). The van der Waals surface area contributed by atoms with Gasteiger partial charge in [0.2, 0.25) is 0 Å². The predicted molar refractivity (Wildman–Crippen MR) is 117 cm³/mol. The SMILES string of the molecule is Cn1c(Cc2c(Cl)cccc2Cl)nc(-c2ccncc2)c(-c2ccc(F)cc2)c1=O. The monoisotopic (exact) mass is 439 g/mol. The first-order valence-electron chi connectivity index (χ1n) is 9.15. The molecular formula is C23H16Cl2FN3O. The molecule has 7 heteroatoms. The molecule has 0 saturated heterocycles. The number of aromatic nitrogens is 3. The first-order chi connectivity index (χ1) is 14.5. The maximum atomic E-state index is 13.5. The van der Waals surface area contributed by atoms with Crippen molar-refractivity contribution in [1.82, 2.24) is 14.5 Å². The molecular weight excluding hydrogens is 424 g/mol. The summed E-state index contributed by atoms with van der Waals surface area (Å²) < 4.78 is 14.9. The van der Waals surface area contributed by atoms with Crippen molar-refractivity contribution in [3.63, 3.8) is 0 Å². The standard InChI is InChI=1S/C23H16Cl2FN3O/c1-29-20(13-17-18(24)3-2-4-19(17)25)28-22(15-9-11-27-12-10-15)21(23(29)30)14-5-7-16(26)8-6-14/h2-12H,13H2,1H3. The molecule has 4 aromatic rings. The second kappa shape index (κ2) is 8.38. The highest BCUT2D eigenvalue weighted by atomic mass is 35.5. The molecule has 0 radical (unpaired) electrons. The molecule has 0 atom stereocenters. The molecule has 0 unspecified atom stereocenters. The van der Waals surface area contributed by atoms with Gasteiger partial charge in [0.15, 0.2) is 0 Å². The minimum atomic E-state index is -0.376. The number of benzene rings is 2. The van der Waals surface area contributed by atoms with E-state index >= 15 is 0 Å². The summed E-state index contributed by atoms with van der Waals surface area (Å²) in [5, 5.41) is 1.01. The molecule has 4 nitrogen and oxygen atoms in total. The molecule has 0 amide bonds. The summed E-state index contributed by atoms with van der Waals surface area (Å²) in [5.41, 5.74) is 2.63. The minimum Gasteiger partial charge on any atom is -0.299 e. The van der Waals surface area contributed by atoms with Crippen LogP contribution in [-0.2, 0) is 13.5 Å². The number of nitrogens with zero attached hydrogens (tertiary/aromatic N) is 3. The van der Waals surface area contributed by atoms with Crippen LogP contribution in [0.1, 0.15) is 11.4 Å². The Labute approximate surface area is 182 Å². The molecule has 150 valence electrons. The molecule has 0 aliphatic heterocycles. The summed E-state index contributed by atoms with van der Waals surface area (Å²) in [6.07, 6.45) is 3.55. The summed E-state index contributed by atoms with van der Waals surface area (Å²) in [6.45, 7) is 0. The van der Waals surface area contributed by atoms with Crippen LogP contribution in [0.25, 0.3) is 22.4 Å². The van der Waals surface area contributed by atoms with Gasteiger partial charge in [0.25, 0.3) is 5.56 Å². The smallest absolute Gasteiger partial charge is 0.261 e. The molecule has 0 saturated carbocycles. The van der Waals surface area contributed by atoms with Crippen LogP contribution in [0.15, 0.2) is 71.8 Å². The van der Waals surface area contributed by atoms with Crippen LogP contribution in [0.2, 0.25) is 10.0 Å². The van der Waals surface area contributed by atoms with E-state index in [2.05, 4.69) is 4.98 Å². The highest BCUT2D eigenvalue weighted by molar-refractivity contribution is 6.36. The maximum absolute atomic E-state index is 13.5. The molecule has 0 bridgehead atoms. The molecule has 0 aliphatic rings. The number of hydrogen-bond donors (Lipinski definition) is 0. The van der Waals surface area contributed by atoms with E-state index in [0.29, 0.717) is 38.3 Å². The zero-order chi connectivity index (χ0) is 21.3. The van der Waals surface area contributed by atoms with E-state index in [1.807, 2.05) is 0 Å². The van der Waals surface area contributed by atoms with E-state index in [1.54, 1.807) is 61.9 Å². The topological polar surface area (TPSA) is 47.8 Å². The molecule has 2 aromatic heterocycles. The van der Waals surface area contributed by atoms with Crippen LogP contribution in [0.3, 0.4) is 0 Å². The van der Waals surface area contributed by atoms with Crippen molar-refractivity contribution in [3.8, 4) is 22.4 Å². The summed E-state index contributed by atoms with van der Waals surface area (Å²) in [5.74, 6) is 0.131. The predicted octanol–water partition coefficient (Wildman–Crippen LogP) is 5.55. The molecule has 2 aromatic carbocycles. The van der Waals surface area contributed by atoms with E-state index in [0.717, 1.165) is 5.56 Å². The lowest BCUT2D eigenvalue weighted by Crippen LogP contribution is -2.25. The lowest BCUT2D eigenvalue weighted by atomic mass is 10.0. The van der Waals surface area contributed by atoms with Gasteiger partial charge in [-0.2, -0.15) is 0 Å². The van der Waals surface area contributed by atoms with E-state index in [1.165, 1.54) is 16.7 Å². The van der Waals surface area contributed by atoms with Crippen LogP contribution in [0.4, 0.5) is 4.39 Å². The Bertz CT molecular complexity index is 1250. The highest BCUT2D eigenvalue weighted by Crippen LogP contribution is 2.30. The Morgan fingerprint density at radius 1 is 0.933 bits per heavy atom. The van der Waals surface area contributed by atoms with Gasteiger partial charge in [-0.3, -0.25) is 14.3 Å². The summed E-state index contributed by atoms with van der Waals surface area (Å²) in [7, 11) is 1.65. The quantitative estimate of drug-likeness (QED) is 0.418. The Balaban J connectivity index is 1.96. The number of pyridine rings is 1. The Hall–Kier alpha value is -3.02. The fraction of sp³-hybridized carbons (Fsp3) is 0.0870. The van der Waals surface area contributed by atoms with Crippen molar-refractivity contribution in [2.75, 3.05) is 0 Å². The summed E-state index contributed by atoms with van der Waals surface area (Å²) in [4.78, 5) is 22.2. The molecule has 30 heavy (non-hydrogen) atoms. The summed E-state index contributed by atoms with van der Waals surface area (Å²) in [6, 6.07) is 14.6. The Morgan fingerprint density at radius 2 is 1.57 bits per heavy atom. The molecule has 0 N–H and O–H groups in total. The Morgan fingerprint density at radius 3 is 2.20 bits per heavy atom. The van der Waals surface area contributed by atoms with Gasteiger partial charge in [-0.25, -0.2) is 9.37 Å². The third kappa shape index (κ3) is 3.86. The second-order valence-electron chi connectivity index (χ2n) is 6.74. The van der Waals surface area contributed by atoms with E-state index < -0.39 is 0 Å². The zero-order valence-corrected chi connectivity index (χ0v) is 17.5. The van der Waals surface area contributed by atoms with Crippen molar-refractivity contribution >= 4 is 23.2 Å². The second-order valence-corrected chi connectivity index (χ2v) is 7.55. The minimum absolute atomic E-state index is 0.249. The van der Waals surface area contributed by atoms with Crippen LogP contribution in [-0.4, -0.2) is 14.5 Å². The van der Waals surface area contributed by atoms with Crippen molar-refractivity contribution in [2.24, 2.45) is 7.05 Å². The van der Waals surface area contributed by atoms with Gasteiger partial charge in [0.05, 0.1) is 11.3 Å². The fourth-order valence-electron chi connectivity index (χ4n) is 3.26. The van der Waals surface area contributed by atoms with E-state index in [9.17, 15) is 9.18 Å². The van der Waals surface area contributed by atoms with Crippen LogP contribution >= 0.6 is 23.2 Å². The summed E-state index contributed by atoms with van der Waals surface area (Å²) >= 11 is 12.7. The molecule has 0 spiro atoms. The van der Waals surface area contributed by atoms with Crippen LogP contribution in [0, 0.1) is 5.82 Å². The number of halogens is 3. The Kier molecular flexibility index (Phi) is 5.66. The highest BCUT2D eigenvalue weighted by Gasteiger charge is 2.19. The molecule has 0 aliphatic carbocycles. The van der Waals surface area contributed by atoms with Gasteiger partial charge in [-0.05, 0) is 47.5 Å². The van der Waals surface area contributed by atoms with Gasteiger partial charge in [0, 0.05) is 41.5 Å². The van der Waals surface area contributed by atoms with Gasteiger partial charge in [-0.1, -0.05) is 41.4 Å². The number of hydrogen-bond acceptors (Lipinski definition) is 3. The lowest BCUT2D eigenvalue weighted by molar-refractivity contribution is 0.628. The van der Waals surface area contributed by atoms with Gasteiger partial charge in [0.1, 0.15) is 11.6 Å². The molecule has 0 fully saturated rings. The van der Waals surface area contributed by atoms with Crippen molar-refractivity contribution in [1.29, 1.82) is 0 Å². The third-order valence-corrected chi connectivity index (χ3v) is 5.57. The lowest BCUT2D eigenvalue weighted by Gasteiger charge is -2.16. The third-order valence-electron chi connectivity index (χ3n) is 4.87. The van der Waals surface area contributed by atoms with E-state index in [4.69, 9.17) is 28.2 Å².